The van der Waals surface area contributed by atoms with E-state index in [2.05, 4.69) is 15.2 Å². The molecule has 2 aliphatic rings. The standard InChI is InChI=1S/C16H13N5O2/c1-20-15(18-19-16(20)22)11-2-3-13-12(8-11)9-14(17-13)10-4-6-21(23)7-5-10/h2-9,23H,1H3,(H,19,22). The van der Waals surface area contributed by atoms with Crippen LogP contribution in [0, 0.1) is 0 Å². The summed E-state index contributed by atoms with van der Waals surface area (Å²) in [5, 5.41) is 18.6. The van der Waals surface area contributed by atoms with Crippen molar-refractivity contribution < 1.29 is 5.21 Å². The predicted octanol–water partition coefficient (Wildman–Crippen LogP) is 0.175. The number of benzene rings is 1. The Morgan fingerprint density at radius 1 is 1.22 bits per heavy atom. The SMILES string of the molecule is Cn1c(-c2ccc3c(c2)=CC(=C2C=CN(O)C=C2)N=3)n[nH]c1=O. The number of fused-ring (bicyclic) bond motifs is 1. The molecule has 2 aromatic rings. The molecule has 3 heterocycles. The fourth-order valence-electron chi connectivity index (χ4n) is 2.56. The van der Waals surface area contributed by atoms with E-state index in [9.17, 15) is 10.0 Å². The van der Waals surface area contributed by atoms with Crippen LogP contribution in [-0.4, -0.2) is 25.0 Å². The molecule has 0 aliphatic carbocycles. The molecule has 0 spiro atoms. The summed E-state index contributed by atoms with van der Waals surface area (Å²) in [5.74, 6) is 0.584. The van der Waals surface area contributed by atoms with Crippen LogP contribution in [0.25, 0.3) is 17.5 Å². The number of nitrogens with one attached hydrogen (secondary N) is 1. The maximum absolute atomic E-state index is 11.5. The van der Waals surface area contributed by atoms with Crippen LogP contribution in [0.3, 0.4) is 0 Å². The molecular weight excluding hydrogens is 294 g/mol. The van der Waals surface area contributed by atoms with E-state index in [0.717, 1.165) is 32.5 Å². The minimum Gasteiger partial charge on any atom is -0.285 e. The summed E-state index contributed by atoms with van der Waals surface area (Å²) in [6.07, 6.45) is 8.67. The summed E-state index contributed by atoms with van der Waals surface area (Å²) in [7, 11) is 1.67. The smallest absolute Gasteiger partial charge is 0.285 e. The third-order valence-corrected chi connectivity index (χ3v) is 3.81. The van der Waals surface area contributed by atoms with E-state index in [-0.39, 0.29) is 5.69 Å². The van der Waals surface area contributed by atoms with Crippen LogP contribution in [0.1, 0.15) is 0 Å². The molecule has 4 rings (SSSR count). The van der Waals surface area contributed by atoms with E-state index in [1.54, 1.807) is 31.6 Å². The Kier molecular flexibility index (Phi) is 2.88. The second-order valence-corrected chi connectivity index (χ2v) is 5.29. The molecule has 0 bridgehead atoms. The molecule has 2 aliphatic heterocycles. The third-order valence-electron chi connectivity index (χ3n) is 3.81. The van der Waals surface area contributed by atoms with Crippen molar-refractivity contribution in [3.63, 3.8) is 0 Å². The lowest BCUT2D eigenvalue weighted by molar-refractivity contribution is 0.0105. The molecule has 0 unspecified atom stereocenters. The molecule has 0 saturated heterocycles. The highest BCUT2D eigenvalue weighted by atomic mass is 16.5. The Hall–Kier alpha value is -3.19. The molecule has 23 heavy (non-hydrogen) atoms. The predicted molar refractivity (Wildman–Crippen MR) is 83.4 cm³/mol. The molecule has 114 valence electrons. The monoisotopic (exact) mass is 307 g/mol. The Labute approximate surface area is 130 Å². The number of hydroxylamine groups is 2. The van der Waals surface area contributed by atoms with E-state index >= 15 is 0 Å². The fourth-order valence-corrected chi connectivity index (χ4v) is 2.56. The third kappa shape index (κ3) is 2.23. The van der Waals surface area contributed by atoms with E-state index in [0.29, 0.717) is 5.82 Å². The molecule has 7 nitrogen and oxygen atoms in total. The van der Waals surface area contributed by atoms with Crippen LogP contribution < -0.4 is 16.3 Å². The average Bonchev–Trinajstić information content (AvgIpc) is 3.12. The van der Waals surface area contributed by atoms with E-state index < -0.39 is 0 Å². The Balaban J connectivity index is 1.83. The van der Waals surface area contributed by atoms with Crippen LogP contribution in [0.2, 0.25) is 0 Å². The van der Waals surface area contributed by atoms with Gasteiger partial charge in [-0.15, -0.1) is 0 Å². The van der Waals surface area contributed by atoms with Crippen molar-refractivity contribution >= 4 is 6.08 Å². The van der Waals surface area contributed by atoms with Gasteiger partial charge in [-0.05, 0) is 36.4 Å². The molecule has 0 amide bonds. The first-order valence-corrected chi connectivity index (χ1v) is 7.02. The number of hydrogen-bond donors (Lipinski definition) is 2. The Morgan fingerprint density at radius 3 is 2.70 bits per heavy atom. The largest absolute Gasteiger partial charge is 0.343 e. The second kappa shape index (κ2) is 4.92. The minimum atomic E-state index is -0.247. The Morgan fingerprint density at radius 2 is 2.00 bits per heavy atom. The Bertz CT molecular complexity index is 1050. The van der Waals surface area contributed by atoms with Crippen molar-refractivity contribution in [3.05, 3.63) is 75.1 Å². The van der Waals surface area contributed by atoms with Crippen LogP contribution >= 0.6 is 0 Å². The van der Waals surface area contributed by atoms with Gasteiger partial charge in [0.1, 0.15) is 0 Å². The first-order valence-electron chi connectivity index (χ1n) is 7.02. The summed E-state index contributed by atoms with van der Waals surface area (Å²) in [6, 6.07) is 5.75. The topological polar surface area (TPSA) is 86.5 Å². The first kappa shape index (κ1) is 13.5. The number of rotatable bonds is 1. The molecule has 1 aromatic heterocycles. The molecule has 0 atom stereocenters. The van der Waals surface area contributed by atoms with Crippen LogP contribution in [0.15, 0.2) is 63.8 Å². The van der Waals surface area contributed by atoms with Gasteiger partial charge in [0.05, 0.1) is 11.1 Å². The summed E-state index contributed by atoms with van der Waals surface area (Å²) < 4.78 is 1.47. The molecule has 2 N–H and O–H groups in total. The van der Waals surface area contributed by atoms with Gasteiger partial charge < -0.3 is 0 Å². The maximum atomic E-state index is 11.5. The lowest BCUT2D eigenvalue weighted by Crippen LogP contribution is -2.21. The van der Waals surface area contributed by atoms with Gasteiger partial charge in [0, 0.05) is 35.8 Å². The van der Waals surface area contributed by atoms with Crippen molar-refractivity contribution in [1.29, 1.82) is 0 Å². The van der Waals surface area contributed by atoms with Gasteiger partial charge in [-0.1, -0.05) is 0 Å². The van der Waals surface area contributed by atoms with Crippen molar-refractivity contribution in [1.82, 2.24) is 19.8 Å². The molecule has 7 heteroatoms. The van der Waals surface area contributed by atoms with Gasteiger partial charge in [-0.3, -0.25) is 9.77 Å². The highest BCUT2D eigenvalue weighted by molar-refractivity contribution is 5.61. The molecule has 1 aromatic carbocycles. The van der Waals surface area contributed by atoms with Crippen molar-refractivity contribution in [2.45, 2.75) is 0 Å². The van der Waals surface area contributed by atoms with E-state index in [1.165, 1.54) is 4.57 Å². The zero-order valence-electron chi connectivity index (χ0n) is 12.3. The highest BCUT2D eigenvalue weighted by Crippen LogP contribution is 2.17. The van der Waals surface area contributed by atoms with Gasteiger partial charge in [0.2, 0.25) is 0 Å². The quantitative estimate of drug-likeness (QED) is 0.786. The number of hydrogen-bond acceptors (Lipinski definition) is 5. The van der Waals surface area contributed by atoms with Crippen molar-refractivity contribution in [2.24, 2.45) is 12.0 Å². The molecule has 0 saturated carbocycles. The van der Waals surface area contributed by atoms with E-state index in [4.69, 9.17) is 0 Å². The van der Waals surface area contributed by atoms with Gasteiger partial charge >= 0.3 is 5.69 Å². The van der Waals surface area contributed by atoms with Crippen LogP contribution in [0.5, 0.6) is 0 Å². The van der Waals surface area contributed by atoms with Crippen LogP contribution in [0.4, 0.5) is 0 Å². The van der Waals surface area contributed by atoms with Crippen LogP contribution in [-0.2, 0) is 7.05 Å². The number of aromatic amines is 1. The lowest BCUT2D eigenvalue weighted by Gasteiger charge is -2.10. The van der Waals surface area contributed by atoms with Gasteiger partial charge in [-0.2, -0.15) is 5.10 Å². The summed E-state index contributed by atoms with van der Waals surface area (Å²) in [5.41, 5.74) is 2.34. The fraction of sp³-hybridized carbons (Fsp3) is 0.0625. The summed E-state index contributed by atoms with van der Waals surface area (Å²) in [4.78, 5) is 16.1. The minimum absolute atomic E-state index is 0.247. The number of allylic oxidation sites excluding steroid dienone is 4. The number of H-pyrrole nitrogens is 1. The molecule has 0 radical (unpaired) electrons. The maximum Gasteiger partial charge on any atom is 0.343 e. The zero-order valence-corrected chi connectivity index (χ0v) is 12.3. The lowest BCUT2D eigenvalue weighted by atomic mass is 10.1. The second-order valence-electron chi connectivity index (χ2n) is 5.29. The van der Waals surface area contributed by atoms with Crippen molar-refractivity contribution in [2.75, 3.05) is 0 Å². The van der Waals surface area contributed by atoms with Gasteiger partial charge in [0.15, 0.2) is 5.82 Å². The van der Waals surface area contributed by atoms with E-state index in [1.807, 2.05) is 24.3 Å². The summed E-state index contributed by atoms with van der Waals surface area (Å²) in [6.45, 7) is 0. The normalized spacial score (nSPS) is 15.7. The highest BCUT2D eigenvalue weighted by Gasteiger charge is 2.11. The summed E-state index contributed by atoms with van der Waals surface area (Å²) >= 11 is 0. The molecule has 0 fully saturated rings. The zero-order chi connectivity index (χ0) is 16.0. The van der Waals surface area contributed by atoms with Gasteiger partial charge in [-0.25, -0.2) is 19.9 Å². The molecular formula is C16H13N5O2. The average molecular weight is 307 g/mol. The van der Waals surface area contributed by atoms with Crippen molar-refractivity contribution in [3.8, 4) is 11.4 Å². The number of aromatic nitrogens is 3. The first-order chi connectivity index (χ1) is 11.1. The number of nitrogens with zero attached hydrogens (tertiary/aromatic N) is 4. The van der Waals surface area contributed by atoms with Gasteiger partial charge in [0.25, 0.3) is 0 Å².